The summed E-state index contributed by atoms with van der Waals surface area (Å²) in [5.41, 5.74) is 6.44. The minimum atomic E-state index is -0.471. The molecule has 5 nitrogen and oxygen atoms in total. The van der Waals surface area contributed by atoms with Crippen LogP contribution in [0.2, 0.25) is 0 Å². The Morgan fingerprint density at radius 1 is 1.26 bits per heavy atom. The molecule has 0 saturated heterocycles. The van der Waals surface area contributed by atoms with E-state index in [1.807, 2.05) is 41.0 Å². The van der Waals surface area contributed by atoms with Gasteiger partial charge in [-0.1, -0.05) is 48.2 Å². The van der Waals surface area contributed by atoms with Crippen LogP contribution in [0.1, 0.15) is 15.7 Å². The Hall–Kier alpha value is -2.12. The number of hydrogen-bond acceptors (Lipinski definition) is 5. The van der Waals surface area contributed by atoms with Crippen LogP contribution in [0, 0.1) is 0 Å². The summed E-state index contributed by atoms with van der Waals surface area (Å²) in [6.45, 7) is 0.774. The van der Waals surface area contributed by atoms with E-state index in [2.05, 4.69) is 21.6 Å². The lowest BCUT2D eigenvalue weighted by Crippen LogP contribution is -2.19. The lowest BCUT2D eigenvalue weighted by atomic mass is 10.1. The van der Waals surface area contributed by atoms with Crippen LogP contribution in [-0.2, 0) is 17.8 Å². The zero-order valence-electron chi connectivity index (χ0n) is 12.3. The zero-order chi connectivity index (χ0) is 16.1. The molecule has 0 unspecified atom stereocenters. The summed E-state index contributed by atoms with van der Waals surface area (Å²) in [7, 11) is 0. The predicted molar refractivity (Wildman–Crippen MR) is 92.3 cm³/mol. The van der Waals surface area contributed by atoms with Crippen molar-refractivity contribution in [2.75, 3.05) is 0 Å². The maximum Gasteiger partial charge on any atom is 0.235 e. The Labute approximate surface area is 142 Å². The molecule has 0 bridgehead atoms. The molecule has 1 aromatic carbocycles. The molecule has 0 fully saturated rings. The van der Waals surface area contributed by atoms with Crippen LogP contribution in [0.5, 0.6) is 0 Å². The molecular weight excluding hydrogens is 328 g/mol. The van der Waals surface area contributed by atoms with E-state index in [9.17, 15) is 4.79 Å². The molecule has 118 valence electrons. The fraction of sp³-hybridized carbons (Fsp3) is 0.188. The third kappa shape index (κ3) is 4.00. The Balaban J connectivity index is 1.74. The van der Waals surface area contributed by atoms with Crippen molar-refractivity contribution < 1.29 is 4.79 Å². The zero-order valence-corrected chi connectivity index (χ0v) is 14.0. The van der Waals surface area contributed by atoms with Crippen LogP contribution >= 0.6 is 23.1 Å². The van der Waals surface area contributed by atoms with E-state index >= 15 is 0 Å². The first-order valence-corrected chi connectivity index (χ1v) is 8.91. The average Bonchev–Trinajstić information content (AvgIpc) is 3.22. The topological polar surface area (TPSA) is 73.8 Å². The average molecular weight is 344 g/mol. The number of rotatable bonds is 7. The van der Waals surface area contributed by atoms with Gasteiger partial charge in [0.2, 0.25) is 5.91 Å². The van der Waals surface area contributed by atoms with Crippen LogP contribution < -0.4 is 5.73 Å². The number of aryl methyl sites for hydroxylation is 2. The van der Waals surface area contributed by atoms with Crippen molar-refractivity contribution in [3.8, 4) is 0 Å². The molecule has 23 heavy (non-hydrogen) atoms. The lowest BCUT2D eigenvalue weighted by molar-refractivity contribution is -0.117. The molecule has 0 aliphatic carbocycles. The number of carbonyl (C=O) groups excluding carboxylic acids is 1. The second kappa shape index (κ2) is 7.43. The Kier molecular flexibility index (Phi) is 5.09. The molecule has 0 aliphatic heterocycles. The minimum Gasteiger partial charge on any atom is -0.368 e. The van der Waals surface area contributed by atoms with Crippen molar-refractivity contribution in [3.05, 3.63) is 64.6 Å². The van der Waals surface area contributed by atoms with Crippen LogP contribution in [0.3, 0.4) is 0 Å². The highest BCUT2D eigenvalue weighted by Gasteiger charge is 2.22. The van der Waals surface area contributed by atoms with E-state index in [1.165, 1.54) is 16.6 Å². The Bertz CT molecular complexity index is 756. The number of aromatic nitrogens is 3. The van der Waals surface area contributed by atoms with Gasteiger partial charge in [0.1, 0.15) is 11.6 Å². The molecule has 2 N–H and O–H groups in total. The van der Waals surface area contributed by atoms with Gasteiger partial charge in [-0.2, -0.15) is 0 Å². The first-order chi connectivity index (χ1) is 11.2. The molecule has 1 amide bonds. The number of thiophene rings is 1. The largest absolute Gasteiger partial charge is 0.368 e. The standard InChI is InChI=1S/C16H16N4OS2/c17-15(21)14(12-5-2-1-3-6-12)23-16-19-18-11-20(16)9-8-13-7-4-10-22-13/h1-7,10-11,14H,8-9H2,(H2,17,21)/t14-/m1/s1. The number of nitrogens with zero attached hydrogens (tertiary/aromatic N) is 3. The van der Waals surface area contributed by atoms with Crippen molar-refractivity contribution in [2.45, 2.75) is 23.4 Å². The van der Waals surface area contributed by atoms with Crippen molar-refractivity contribution in [2.24, 2.45) is 5.73 Å². The number of primary amides is 1. The quantitative estimate of drug-likeness (QED) is 0.669. The fourth-order valence-corrected chi connectivity index (χ4v) is 3.88. The minimum absolute atomic E-state index is 0.381. The van der Waals surface area contributed by atoms with E-state index in [0.29, 0.717) is 5.16 Å². The smallest absolute Gasteiger partial charge is 0.235 e. The Morgan fingerprint density at radius 3 is 2.78 bits per heavy atom. The number of nitrogens with two attached hydrogens (primary N) is 1. The van der Waals surface area contributed by atoms with Gasteiger partial charge >= 0.3 is 0 Å². The van der Waals surface area contributed by atoms with E-state index in [4.69, 9.17) is 5.73 Å². The van der Waals surface area contributed by atoms with Gasteiger partial charge in [0.15, 0.2) is 5.16 Å². The van der Waals surface area contributed by atoms with Gasteiger partial charge in [0, 0.05) is 11.4 Å². The third-order valence-corrected chi connectivity index (χ3v) is 5.55. The summed E-state index contributed by atoms with van der Waals surface area (Å²) in [6.07, 6.45) is 2.61. The molecule has 0 spiro atoms. The summed E-state index contributed by atoms with van der Waals surface area (Å²) < 4.78 is 1.96. The SMILES string of the molecule is NC(=O)[C@H](Sc1nncn1CCc1cccs1)c1ccccc1. The first-order valence-electron chi connectivity index (χ1n) is 7.15. The second-order valence-corrected chi connectivity index (χ2v) is 7.05. The number of carbonyl (C=O) groups is 1. The van der Waals surface area contributed by atoms with Crippen LogP contribution in [0.4, 0.5) is 0 Å². The van der Waals surface area contributed by atoms with Crippen LogP contribution in [-0.4, -0.2) is 20.7 Å². The summed E-state index contributed by atoms with van der Waals surface area (Å²) in [4.78, 5) is 13.1. The predicted octanol–water partition coefficient (Wildman–Crippen LogP) is 2.90. The number of benzene rings is 1. The molecule has 0 saturated carbocycles. The molecule has 1 atom stereocenters. The summed E-state index contributed by atoms with van der Waals surface area (Å²) in [6, 6.07) is 13.7. The summed E-state index contributed by atoms with van der Waals surface area (Å²) in [5, 5.41) is 10.4. The molecule has 2 aromatic heterocycles. The number of hydrogen-bond donors (Lipinski definition) is 1. The van der Waals surface area contributed by atoms with Crippen molar-refractivity contribution >= 4 is 29.0 Å². The second-order valence-electron chi connectivity index (χ2n) is 4.95. The highest BCUT2D eigenvalue weighted by molar-refractivity contribution is 8.00. The third-order valence-electron chi connectivity index (χ3n) is 3.34. The lowest BCUT2D eigenvalue weighted by Gasteiger charge is -2.13. The van der Waals surface area contributed by atoms with Gasteiger partial charge in [-0.05, 0) is 23.4 Å². The monoisotopic (exact) mass is 344 g/mol. The summed E-state index contributed by atoms with van der Waals surface area (Å²) >= 11 is 3.07. The summed E-state index contributed by atoms with van der Waals surface area (Å²) in [5.74, 6) is -0.381. The molecule has 3 aromatic rings. The van der Waals surface area contributed by atoms with E-state index in [1.54, 1.807) is 17.7 Å². The van der Waals surface area contributed by atoms with E-state index in [-0.39, 0.29) is 5.91 Å². The molecule has 3 rings (SSSR count). The van der Waals surface area contributed by atoms with Crippen molar-refractivity contribution in [3.63, 3.8) is 0 Å². The normalized spacial score (nSPS) is 12.2. The first kappa shape index (κ1) is 15.8. The highest BCUT2D eigenvalue weighted by Crippen LogP contribution is 2.33. The van der Waals surface area contributed by atoms with Crippen molar-refractivity contribution in [1.29, 1.82) is 0 Å². The fourth-order valence-electron chi connectivity index (χ4n) is 2.20. The number of amides is 1. The van der Waals surface area contributed by atoms with E-state index in [0.717, 1.165) is 18.5 Å². The van der Waals surface area contributed by atoms with Gasteiger partial charge in [-0.3, -0.25) is 4.79 Å². The van der Waals surface area contributed by atoms with Gasteiger partial charge in [-0.25, -0.2) is 0 Å². The van der Waals surface area contributed by atoms with Crippen LogP contribution in [0.15, 0.2) is 59.3 Å². The molecule has 0 radical (unpaired) electrons. The number of thioether (sulfide) groups is 1. The van der Waals surface area contributed by atoms with Crippen molar-refractivity contribution in [1.82, 2.24) is 14.8 Å². The Morgan fingerprint density at radius 2 is 2.09 bits per heavy atom. The van der Waals surface area contributed by atoms with Gasteiger partial charge in [0.25, 0.3) is 0 Å². The van der Waals surface area contributed by atoms with Crippen LogP contribution in [0.25, 0.3) is 0 Å². The van der Waals surface area contributed by atoms with Gasteiger partial charge in [0.05, 0.1) is 0 Å². The van der Waals surface area contributed by atoms with Gasteiger partial charge in [-0.15, -0.1) is 21.5 Å². The highest BCUT2D eigenvalue weighted by atomic mass is 32.2. The maximum atomic E-state index is 11.8. The van der Waals surface area contributed by atoms with Gasteiger partial charge < -0.3 is 10.3 Å². The molecular formula is C16H16N4OS2. The molecule has 0 aliphatic rings. The molecule has 2 heterocycles. The van der Waals surface area contributed by atoms with E-state index < -0.39 is 5.25 Å². The molecule has 7 heteroatoms. The maximum absolute atomic E-state index is 11.8.